The topological polar surface area (TPSA) is 104 Å². The number of nitrogens with zero attached hydrogens (tertiary/aromatic N) is 3. The monoisotopic (exact) mass is 249 g/mol. The van der Waals surface area contributed by atoms with Crippen molar-refractivity contribution >= 4 is 15.7 Å². The molecule has 0 radical (unpaired) electrons. The molecule has 0 bridgehead atoms. The predicted molar refractivity (Wildman–Crippen MR) is 53.9 cm³/mol. The largest absolute Gasteiger partial charge is 0.381 e. The van der Waals surface area contributed by atoms with Crippen LogP contribution in [-0.2, 0) is 21.1 Å². The first-order valence-electron chi connectivity index (χ1n) is 4.27. The normalized spacial score (nSPS) is 11.6. The van der Waals surface area contributed by atoms with E-state index in [2.05, 4.69) is 4.98 Å². The average molecular weight is 249 g/mol. The molecule has 8 nitrogen and oxygen atoms in total. The lowest BCUT2D eigenvalue weighted by molar-refractivity contribution is -0.392. The Morgan fingerprint density at radius 1 is 1.62 bits per heavy atom. The van der Waals surface area contributed by atoms with E-state index in [9.17, 15) is 18.5 Å². The van der Waals surface area contributed by atoms with Gasteiger partial charge in [0.25, 0.3) is 0 Å². The van der Waals surface area contributed by atoms with Crippen LogP contribution in [0.1, 0.15) is 0 Å². The molecule has 0 fully saturated rings. The third kappa shape index (κ3) is 2.55. The lowest BCUT2D eigenvalue weighted by atomic mass is 10.6. The van der Waals surface area contributed by atoms with Gasteiger partial charge in [-0.3, -0.25) is 0 Å². The van der Waals surface area contributed by atoms with Gasteiger partial charge in [0.2, 0.25) is 9.84 Å². The third-order valence-electron chi connectivity index (χ3n) is 1.84. The van der Waals surface area contributed by atoms with E-state index in [1.807, 2.05) is 0 Å². The Morgan fingerprint density at radius 3 is 2.69 bits per heavy atom. The van der Waals surface area contributed by atoms with Crippen molar-refractivity contribution in [1.82, 2.24) is 9.55 Å². The SMILES string of the molecule is COCCn1c([N+](=O)[O-])cnc1S(C)(=O)=O. The molecule has 90 valence electrons. The summed E-state index contributed by atoms with van der Waals surface area (Å²) in [5.74, 6) is -0.363. The standard InChI is InChI=1S/C7H11N3O5S/c1-15-4-3-9-6(10(11)12)5-8-7(9)16(2,13)14/h5H,3-4H2,1-2H3. The molecular formula is C7H11N3O5S. The van der Waals surface area contributed by atoms with Crippen LogP contribution in [0.3, 0.4) is 0 Å². The minimum absolute atomic E-state index is 0.0647. The molecule has 0 unspecified atom stereocenters. The van der Waals surface area contributed by atoms with Gasteiger partial charge in [-0.25, -0.2) is 8.42 Å². The van der Waals surface area contributed by atoms with E-state index < -0.39 is 14.8 Å². The Morgan fingerprint density at radius 2 is 2.25 bits per heavy atom. The maximum Gasteiger partial charge on any atom is 0.343 e. The number of hydrogen-bond acceptors (Lipinski definition) is 6. The third-order valence-corrected chi connectivity index (χ3v) is 2.82. The number of aromatic nitrogens is 2. The predicted octanol–water partition coefficient (Wildman–Crippen LogP) is -0.159. The lowest BCUT2D eigenvalue weighted by Gasteiger charge is -2.02. The van der Waals surface area contributed by atoms with E-state index in [1.165, 1.54) is 7.11 Å². The Kier molecular flexibility index (Phi) is 3.60. The molecule has 0 amide bonds. The van der Waals surface area contributed by atoms with Gasteiger partial charge in [0.1, 0.15) is 12.7 Å². The molecule has 0 saturated heterocycles. The Labute approximate surface area is 91.9 Å². The van der Waals surface area contributed by atoms with Crippen LogP contribution >= 0.6 is 0 Å². The quantitative estimate of drug-likeness (QED) is 0.530. The number of hydrogen-bond donors (Lipinski definition) is 0. The summed E-state index contributed by atoms with van der Waals surface area (Å²) in [5, 5.41) is 10.3. The summed E-state index contributed by atoms with van der Waals surface area (Å²) in [6.45, 7) is 0.231. The maximum absolute atomic E-state index is 11.3. The van der Waals surface area contributed by atoms with Gasteiger partial charge in [0.15, 0.2) is 0 Å². The smallest absolute Gasteiger partial charge is 0.343 e. The molecule has 0 saturated carbocycles. The van der Waals surface area contributed by atoms with Gasteiger partial charge in [0, 0.05) is 13.4 Å². The van der Waals surface area contributed by atoms with Crippen LogP contribution in [-0.4, -0.2) is 42.9 Å². The lowest BCUT2D eigenvalue weighted by Crippen LogP contribution is -2.14. The molecular weight excluding hydrogens is 238 g/mol. The number of imidazole rings is 1. The molecule has 0 aliphatic rings. The summed E-state index contributed by atoms with van der Waals surface area (Å²) in [5.41, 5.74) is 0. The van der Waals surface area contributed by atoms with Gasteiger partial charge < -0.3 is 14.9 Å². The average Bonchev–Trinajstić information content (AvgIpc) is 2.57. The van der Waals surface area contributed by atoms with E-state index in [0.29, 0.717) is 0 Å². The van der Waals surface area contributed by atoms with E-state index in [1.54, 1.807) is 0 Å². The summed E-state index contributed by atoms with van der Waals surface area (Å²) in [6.07, 6.45) is 1.87. The molecule has 0 aliphatic carbocycles. The molecule has 0 atom stereocenters. The minimum atomic E-state index is -3.58. The van der Waals surface area contributed by atoms with Crippen molar-refractivity contribution in [2.75, 3.05) is 20.0 Å². The van der Waals surface area contributed by atoms with E-state index in [4.69, 9.17) is 4.74 Å². The van der Waals surface area contributed by atoms with Crippen molar-refractivity contribution in [3.63, 3.8) is 0 Å². The van der Waals surface area contributed by atoms with Crippen molar-refractivity contribution in [2.24, 2.45) is 0 Å². The van der Waals surface area contributed by atoms with Crippen LogP contribution in [0.15, 0.2) is 11.4 Å². The van der Waals surface area contributed by atoms with Crippen LogP contribution in [0.5, 0.6) is 0 Å². The van der Waals surface area contributed by atoms with Crippen LogP contribution in [0.4, 0.5) is 5.82 Å². The second kappa shape index (κ2) is 4.58. The molecule has 0 N–H and O–H groups in total. The summed E-state index contributed by atoms with van der Waals surface area (Å²) >= 11 is 0. The van der Waals surface area contributed by atoms with E-state index >= 15 is 0 Å². The summed E-state index contributed by atoms with van der Waals surface area (Å²) in [4.78, 5) is 13.5. The summed E-state index contributed by atoms with van der Waals surface area (Å²) in [7, 11) is -2.17. The molecule has 0 spiro atoms. The number of sulfone groups is 1. The van der Waals surface area contributed by atoms with Gasteiger partial charge >= 0.3 is 11.0 Å². The van der Waals surface area contributed by atoms with Crippen molar-refractivity contribution in [3.05, 3.63) is 16.3 Å². The Bertz CT molecular complexity index is 492. The van der Waals surface area contributed by atoms with Gasteiger partial charge in [0.05, 0.1) is 6.61 Å². The highest BCUT2D eigenvalue weighted by Crippen LogP contribution is 2.17. The van der Waals surface area contributed by atoms with Gasteiger partial charge in [-0.15, -0.1) is 0 Å². The van der Waals surface area contributed by atoms with Crippen LogP contribution < -0.4 is 0 Å². The Balaban J connectivity index is 3.25. The highest BCUT2D eigenvalue weighted by molar-refractivity contribution is 7.90. The molecule has 0 aromatic carbocycles. The highest BCUT2D eigenvalue weighted by Gasteiger charge is 2.26. The van der Waals surface area contributed by atoms with Gasteiger partial charge in [-0.1, -0.05) is 0 Å². The van der Waals surface area contributed by atoms with Crippen molar-refractivity contribution in [3.8, 4) is 0 Å². The van der Waals surface area contributed by atoms with Crippen LogP contribution in [0, 0.1) is 10.1 Å². The zero-order valence-electron chi connectivity index (χ0n) is 8.78. The molecule has 1 aromatic heterocycles. The van der Waals surface area contributed by atoms with Crippen molar-refractivity contribution in [1.29, 1.82) is 0 Å². The van der Waals surface area contributed by atoms with Crippen molar-refractivity contribution in [2.45, 2.75) is 11.7 Å². The fourth-order valence-corrected chi connectivity index (χ4v) is 2.01. The second-order valence-corrected chi connectivity index (χ2v) is 4.98. The first-order valence-corrected chi connectivity index (χ1v) is 6.16. The fraction of sp³-hybridized carbons (Fsp3) is 0.571. The number of rotatable bonds is 5. The molecule has 1 aromatic rings. The first kappa shape index (κ1) is 12.6. The van der Waals surface area contributed by atoms with E-state index in [0.717, 1.165) is 17.0 Å². The first-order chi connectivity index (χ1) is 7.38. The molecule has 9 heteroatoms. The Hall–Kier alpha value is -1.48. The molecule has 1 rings (SSSR count). The van der Waals surface area contributed by atoms with Crippen LogP contribution in [0.25, 0.3) is 0 Å². The second-order valence-electron chi connectivity index (χ2n) is 3.07. The summed E-state index contributed by atoms with van der Waals surface area (Å²) < 4.78 is 28.4. The zero-order valence-corrected chi connectivity index (χ0v) is 9.60. The number of methoxy groups -OCH3 is 1. The van der Waals surface area contributed by atoms with Gasteiger partial charge in [-0.2, -0.15) is 9.55 Å². The van der Waals surface area contributed by atoms with Gasteiger partial charge in [-0.05, 0) is 4.92 Å². The van der Waals surface area contributed by atoms with Crippen LogP contribution in [0.2, 0.25) is 0 Å². The fourth-order valence-electron chi connectivity index (χ4n) is 1.18. The maximum atomic E-state index is 11.3. The van der Waals surface area contributed by atoms with E-state index in [-0.39, 0.29) is 24.1 Å². The molecule has 0 aliphatic heterocycles. The zero-order chi connectivity index (χ0) is 12.3. The molecule has 16 heavy (non-hydrogen) atoms. The number of nitro groups is 1. The number of ether oxygens (including phenoxy) is 1. The molecule has 1 heterocycles. The summed E-state index contributed by atoms with van der Waals surface area (Å²) in [6, 6.07) is 0. The van der Waals surface area contributed by atoms with Crippen molar-refractivity contribution < 1.29 is 18.1 Å². The minimum Gasteiger partial charge on any atom is -0.381 e. The highest BCUT2D eigenvalue weighted by atomic mass is 32.2.